The number of carbonyl (C=O) groups excluding carboxylic acids is 1. The van der Waals surface area contributed by atoms with Crippen LogP contribution in [0.25, 0.3) is 0 Å². The molecule has 0 amide bonds. The van der Waals surface area contributed by atoms with Gasteiger partial charge in [0.25, 0.3) is 0 Å². The van der Waals surface area contributed by atoms with Crippen molar-refractivity contribution in [3.8, 4) is 11.8 Å². The lowest BCUT2D eigenvalue weighted by Gasteiger charge is -2.05. The van der Waals surface area contributed by atoms with E-state index in [0.29, 0.717) is 0 Å². The predicted octanol–water partition coefficient (Wildman–Crippen LogP) is 1.58. The number of rotatable bonds is 2. The van der Waals surface area contributed by atoms with Crippen LogP contribution in [0.15, 0.2) is 12.1 Å². The maximum atomic E-state index is 13.1. The third-order valence-electron chi connectivity index (χ3n) is 1.68. The van der Waals surface area contributed by atoms with E-state index in [1.54, 1.807) is 13.0 Å². The van der Waals surface area contributed by atoms with Crippen LogP contribution in [0.3, 0.4) is 0 Å². The molecule has 0 bridgehead atoms. The fraction of sp³-hybridized carbons (Fsp3) is 0.200. The van der Waals surface area contributed by atoms with Crippen LogP contribution in [0.2, 0.25) is 0 Å². The molecular formula is C10H8FNO3. The van der Waals surface area contributed by atoms with Crippen molar-refractivity contribution in [1.29, 1.82) is 5.26 Å². The highest BCUT2D eigenvalue weighted by Gasteiger charge is 2.17. The molecule has 78 valence electrons. The molecule has 1 aromatic rings. The summed E-state index contributed by atoms with van der Waals surface area (Å²) in [5, 5.41) is 17.7. The van der Waals surface area contributed by atoms with Crippen molar-refractivity contribution in [3.63, 3.8) is 0 Å². The fourth-order valence-corrected chi connectivity index (χ4v) is 1.08. The highest BCUT2D eigenvalue weighted by molar-refractivity contribution is 5.92. The lowest BCUT2D eigenvalue weighted by atomic mass is 10.1. The van der Waals surface area contributed by atoms with Crippen molar-refractivity contribution in [2.75, 3.05) is 6.61 Å². The standard InChI is InChI=1S/C10H8FNO3/c1-2-15-10(14)7-3-6(13)4-9(11)8(7)5-12/h3-4,13H,2H2,1H3. The summed E-state index contributed by atoms with van der Waals surface area (Å²) >= 11 is 0. The maximum absolute atomic E-state index is 13.1. The van der Waals surface area contributed by atoms with Crippen LogP contribution in [-0.2, 0) is 4.74 Å². The summed E-state index contributed by atoms with van der Waals surface area (Å²) in [4.78, 5) is 11.3. The quantitative estimate of drug-likeness (QED) is 0.750. The summed E-state index contributed by atoms with van der Waals surface area (Å²) in [6.07, 6.45) is 0. The first kappa shape index (κ1) is 11.0. The summed E-state index contributed by atoms with van der Waals surface area (Å²) in [7, 11) is 0. The van der Waals surface area contributed by atoms with E-state index < -0.39 is 23.1 Å². The molecule has 0 spiro atoms. The molecule has 1 rings (SSSR count). The molecule has 0 unspecified atom stereocenters. The molecule has 5 heteroatoms. The minimum absolute atomic E-state index is 0.112. The fourth-order valence-electron chi connectivity index (χ4n) is 1.08. The smallest absolute Gasteiger partial charge is 0.339 e. The molecular weight excluding hydrogens is 201 g/mol. The normalized spacial score (nSPS) is 9.40. The van der Waals surface area contributed by atoms with Crippen molar-refractivity contribution in [3.05, 3.63) is 29.1 Å². The third kappa shape index (κ3) is 2.23. The zero-order valence-corrected chi connectivity index (χ0v) is 7.95. The number of hydrogen-bond donors (Lipinski definition) is 1. The van der Waals surface area contributed by atoms with E-state index >= 15 is 0 Å². The Morgan fingerprint density at radius 2 is 2.33 bits per heavy atom. The zero-order valence-electron chi connectivity index (χ0n) is 7.95. The Morgan fingerprint density at radius 3 is 2.87 bits per heavy atom. The number of carbonyl (C=O) groups is 1. The second-order valence-electron chi connectivity index (χ2n) is 2.68. The van der Waals surface area contributed by atoms with Gasteiger partial charge in [-0.15, -0.1) is 0 Å². The van der Waals surface area contributed by atoms with Crippen molar-refractivity contribution >= 4 is 5.97 Å². The van der Waals surface area contributed by atoms with Gasteiger partial charge in [-0.3, -0.25) is 0 Å². The van der Waals surface area contributed by atoms with E-state index in [0.717, 1.165) is 12.1 Å². The molecule has 4 nitrogen and oxygen atoms in total. The molecule has 0 aliphatic heterocycles. The van der Waals surface area contributed by atoms with Crippen molar-refractivity contribution in [2.45, 2.75) is 6.92 Å². The Hall–Kier alpha value is -2.09. The lowest BCUT2D eigenvalue weighted by molar-refractivity contribution is 0.0525. The number of phenolic OH excluding ortho intramolecular Hbond substituents is 1. The first-order chi connectivity index (χ1) is 7.10. The molecule has 0 aliphatic rings. The van der Waals surface area contributed by atoms with Crippen LogP contribution in [0.1, 0.15) is 22.8 Å². The van der Waals surface area contributed by atoms with Gasteiger partial charge in [-0.1, -0.05) is 0 Å². The lowest BCUT2D eigenvalue weighted by Crippen LogP contribution is -2.08. The number of esters is 1. The maximum Gasteiger partial charge on any atom is 0.339 e. The monoisotopic (exact) mass is 209 g/mol. The molecule has 0 aliphatic carbocycles. The number of halogens is 1. The van der Waals surface area contributed by atoms with Crippen molar-refractivity contribution < 1.29 is 19.0 Å². The number of nitrogens with zero attached hydrogens (tertiary/aromatic N) is 1. The second-order valence-corrected chi connectivity index (χ2v) is 2.68. The molecule has 0 aromatic heterocycles. The average molecular weight is 209 g/mol. The molecule has 1 aromatic carbocycles. The van der Waals surface area contributed by atoms with Gasteiger partial charge < -0.3 is 9.84 Å². The number of hydrogen-bond acceptors (Lipinski definition) is 4. The predicted molar refractivity (Wildman–Crippen MR) is 48.7 cm³/mol. The average Bonchev–Trinajstić information content (AvgIpc) is 2.17. The molecule has 0 saturated carbocycles. The van der Waals surface area contributed by atoms with Gasteiger partial charge in [0, 0.05) is 6.07 Å². The van der Waals surface area contributed by atoms with Gasteiger partial charge in [-0.25, -0.2) is 9.18 Å². The highest BCUT2D eigenvalue weighted by atomic mass is 19.1. The summed E-state index contributed by atoms with van der Waals surface area (Å²) in [5.41, 5.74) is -0.692. The van der Waals surface area contributed by atoms with E-state index in [-0.39, 0.29) is 12.2 Å². The summed E-state index contributed by atoms with van der Waals surface area (Å²) in [5.74, 6) is -2.20. The largest absolute Gasteiger partial charge is 0.508 e. The van der Waals surface area contributed by atoms with Gasteiger partial charge in [0.2, 0.25) is 0 Å². The van der Waals surface area contributed by atoms with E-state index in [9.17, 15) is 9.18 Å². The van der Waals surface area contributed by atoms with E-state index in [1.807, 2.05) is 0 Å². The minimum atomic E-state index is -0.944. The van der Waals surface area contributed by atoms with Gasteiger partial charge >= 0.3 is 5.97 Å². The van der Waals surface area contributed by atoms with Crippen molar-refractivity contribution in [1.82, 2.24) is 0 Å². The number of benzene rings is 1. The number of phenols is 1. The summed E-state index contributed by atoms with van der Waals surface area (Å²) in [6, 6.07) is 3.31. The van der Waals surface area contributed by atoms with Crippen LogP contribution in [0.5, 0.6) is 5.75 Å². The topological polar surface area (TPSA) is 70.3 Å². The summed E-state index contributed by atoms with van der Waals surface area (Å²) < 4.78 is 17.7. The first-order valence-electron chi connectivity index (χ1n) is 4.19. The first-order valence-corrected chi connectivity index (χ1v) is 4.19. The Bertz CT molecular complexity index is 437. The van der Waals surface area contributed by atoms with Gasteiger partial charge in [-0.05, 0) is 13.0 Å². The zero-order chi connectivity index (χ0) is 11.4. The van der Waals surface area contributed by atoms with Gasteiger partial charge in [-0.2, -0.15) is 5.26 Å². The number of ether oxygens (including phenoxy) is 1. The van der Waals surface area contributed by atoms with Gasteiger partial charge in [0.15, 0.2) is 0 Å². The van der Waals surface area contributed by atoms with Gasteiger partial charge in [0.1, 0.15) is 23.2 Å². The van der Waals surface area contributed by atoms with Crippen LogP contribution >= 0.6 is 0 Å². The second kappa shape index (κ2) is 4.42. The molecule has 0 saturated heterocycles. The van der Waals surface area contributed by atoms with Crippen LogP contribution in [0, 0.1) is 17.1 Å². The van der Waals surface area contributed by atoms with E-state index in [4.69, 9.17) is 10.4 Å². The Kier molecular flexibility index (Phi) is 3.24. The molecule has 0 atom stereocenters. The molecule has 0 heterocycles. The van der Waals surface area contributed by atoms with E-state index in [1.165, 1.54) is 0 Å². The molecule has 0 radical (unpaired) electrons. The number of aromatic hydroxyl groups is 1. The highest BCUT2D eigenvalue weighted by Crippen LogP contribution is 2.20. The van der Waals surface area contributed by atoms with Gasteiger partial charge in [0.05, 0.1) is 12.2 Å². The Morgan fingerprint density at radius 1 is 1.67 bits per heavy atom. The summed E-state index contributed by atoms with van der Waals surface area (Å²) in [6.45, 7) is 1.70. The van der Waals surface area contributed by atoms with Crippen LogP contribution in [-0.4, -0.2) is 17.7 Å². The van der Waals surface area contributed by atoms with Crippen LogP contribution < -0.4 is 0 Å². The molecule has 1 N–H and O–H groups in total. The van der Waals surface area contributed by atoms with E-state index in [2.05, 4.69) is 4.74 Å². The minimum Gasteiger partial charge on any atom is -0.508 e. The van der Waals surface area contributed by atoms with Crippen LogP contribution in [0.4, 0.5) is 4.39 Å². The third-order valence-corrected chi connectivity index (χ3v) is 1.68. The molecule has 15 heavy (non-hydrogen) atoms. The number of nitriles is 1. The molecule has 0 fully saturated rings. The van der Waals surface area contributed by atoms with Crippen molar-refractivity contribution in [2.24, 2.45) is 0 Å². The SMILES string of the molecule is CCOC(=O)c1cc(O)cc(F)c1C#N. The Labute approximate surface area is 85.5 Å². The Balaban J connectivity index is 3.28.